The van der Waals surface area contributed by atoms with Crippen molar-refractivity contribution in [1.82, 2.24) is 9.97 Å². The van der Waals surface area contributed by atoms with Gasteiger partial charge >= 0.3 is 0 Å². The van der Waals surface area contributed by atoms with Crippen LogP contribution in [0.5, 0.6) is 0 Å². The summed E-state index contributed by atoms with van der Waals surface area (Å²) in [4.78, 5) is 22.8. The maximum Gasteiger partial charge on any atom is 0.247 e. The summed E-state index contributed by atoms with van der Waals surface area (Å²) in [6.45, 7) is 2.59. The van der Waals surface area contributed by atoms with E-state index in [1.807, 2.05) is 4.90 Å². The average Bonchev–Trinajstić information content (AvgIpc) is 2.40. The molecule has 2 heterocycles. The molecule has 1 aliphatic carbocycles. The predicted octanol–water partition coefficient (Wildman–Crippen LogP) is 2.58. The Bertz CT molecular complexity index is 499. The van der Waals surface area contributed by atoms with E-state index in [1.165, 1.54) is 12.8 Å². The van der Waals surface area contributed by atoms with Crippen molar-refractivity contribution < 1.29 is 4.79 Å². The Labute approximate surface area is 120 Å². The number of anilines is 2. The zero-order chi connectivity index (χ0) is 13.4. The zero-order valence-corrected chi connectivity index (χ0v) is 12.5. The van der Waals surface area contributed by atoms with E-state index in [0.29, 0.717) is 22.8 Å². The van der Waals surface area contributed by atoms with Crippen LogP contribution >= 0.6 is 15.9 Å². The van der Waals surface area contributed by atoms with Gasteiger partial charge in [-0.05, 0) is 47.5 Å². The summed E-state index contributed by atoms with van der Waals surface area (Å²) >= 11 is 3.33. The van der Waals surface area contributed by atoms with Gasteiger partial charge in [0.05, 0.1) is 12.7 Å². The minimum atomic E-state index is 0.0967. The van der Waals surface area contributed by atoms with Gasteiger partial charge in [0.2, 0.25) is 5.91 Å². The lowest BCUT2D eigenvalue weighted by Crippen LogP contribution is -2.48. The first-order valence-corrected chi connectivity index (χ1v) is 7.53. The zero-order valence-electron chi connectivity index (χ0n) is 10.9. The van der Waals surface area contributed by atoms with E-state index in [0.717, 1.165) is 18.8 Å². The lowest BCUT2D eigenvalue weighted by atomic mass is 9.86. The Morgan fingerprint density at radius 3 is 2.84 bits per heavy atom. The molecule has 1 aromatic rings. The molecule has 102 valence electrons. The number of hydrogen-bond acceptors (Lipinski definition) is 4. The molecule has 1 aliphatic heterocycles. The van der Waals surface area contributed by atoms with E-state index < -0.39 is 0 Å². The maximum atomic E-state index is 12.2. The lowest BCUT2D eigenvalue weighted by molar-refractivity contribution is -0.117. The van der Waals surface area contributed by atoms with Crippen molar-refractivity contribution in [3.63, 3.8) is 0 Å². The van der Waals surface area contributed by atoms with E-state index in [9.17, 15) is 4.79 Å². The molecule has 2 aliphatic rings. The standard InChI is InChI=1S/C13H17BrN4O/c1-8-2-4-9(5-3-8)18-11(19)7-16-12-13(18)17-10(14)6-15-12/h6,8-9H,2-5,7H2,1H3,(H,15,16). The molecular formula is C13H17BrN4O. The van der Waals surface area contributed by atoms with Gasteiger partial charge in [0.1, 0.15) is 4.60 Å². The SMILES string of the molecule is CC1CCC(N2C(=O)CNc3ncc(Br)nc32)CC1. The van der Waals surface area contributed by atoms with Crippen LogP contribution in [0.15, 0.2) is 10.8 Å². The Kier molecular flexibility index (Phi) is 3.43. The molecule has 1 aromatic heterocycles. The summed E-state index contributed by atoms with van der Waals surface area (Å²) in [6, 6.07) is 0.271. The minimum absolute atomic E-state index is 0.0967. The van der Waals surface area contributed by atoms with E-state index in [2.05, 4.69) is 38.1 Å². The highest BCUT2D eigenvalue weighted by molar-refractivity contribution is 9.10. The molecule has 0 bridgehead atoms. The Morgan fingerprint density at radius 2 is 2.11 bits per heavy atom. The van der Waals surface area contributed by atoms with Crippen LogP contribution in [0.4, 0.5) is 11.6 Å². The molecule has 0 aromatic carbocycles. The molecule has 0 saturated heterocycles. The number of carbonyl (C=O) groups is 1. The van der Waals surface area contributed by atoms with Crippen LogP contribution < -0.4 is 10.2 Å². The third-order valence-corrected chi connectivity index (χ3v) is 4.36. The minimum Gasteiger partial charge on any atom is -0.358 e. The summed E-state index contributed by atoms with van der Waals surface area (Å²) in [7, 11) is 0. The van der Waals surface area contributed by atoms with Gasteiger partial charge in [-0.25, -0.2) is 9.97 Å². The smallest absolute Gasteiger partial charge is 0.247 e. The van der Waals surface area contributed by atoms with E-state index in [-0.39, 0.29) is 11.9 Å². The van der Waals surface area contributed by atoms with Crippen molar-refractivity contribution in [3.05, 3.63) is 10.8 Å². The molecule has 0 unspecified atom stereocenters. The largest absolute Gasteiger partial charge is 0.358 e. The number of nitrogens with zero attached hydrogens (tertiary/aromatic N) is 3. The molecule has 19 heavy (non-hydrogen) atoms. The summed E-state index contributed by atoms with van der Waals surface area (Å²) in [5.41, 5.74) is 0. The van der Waals surface area contributed by atoms with Crippen LogP contribution in [0.3, 0.4) is 0 Å². The Hall–Kier alpha value is -1.17. The monoisotopic (exact) mass is 324 g/mol. The molecule has 0 radical (unpaired) electrons. The highest BCUT2D eigenvalue weighted by Crippen LogP contribution is 2.34. The molecule has 0 atom stereocenters. The van der Waals surface area contributed by atoms with Gasteiger partial charge in [-0.3, -0.25) is 9.69 Å². The molecule has 6 heteroatoms. The first kappa shape index (κ1) is 12.8. The van der Waals surface area contributed by atoms with Crippen LogP contribution in [-0.4, -0.2) is 28.5 Å². The fraction of sp³-hybridized carbons (Fsp3) is 0.615. The normalized spacial score (nSPS) is 26.8. The van der Waals surface area contributed by atoms with E-state index in [4.69, 9.17) is 0 Å². The van der Waals surface area contributed by atoms with Gasteiger partial charge in [0.25, 0.3) is 0 Å². The second-order valence-electron chi connectivity index (χ2n) is 5.40. The summed E-state index contributed by atoms with van der Waals surface area (Å²) in [5, 5.41) is 3.03. The summed E-state index contributed by atoms with van der Waals surface area (Å²) in [5.74, 6) is 2.24. The number of amides is 1. The summed E-state index contributed by atoms with van der Waals surface area (Å²) in [6.07, 6.45) is 6.13. The van der Waals surface area contributed by atoms with Gasteiger partial charge in [0, 0.05) is 6.04 Å². The van der Waals surface area contributed by atoms with Gasteiger partial charge in [-0.2, -0.15) is 0 Å². The molecular weight excluding hydrogens is 308 g/mol. The fourth-order valence-electron chi connectivity index (χ4n) is 2.89. The van der Waals surface area contributed by atoms with Gasteiger partial charge in [0.15, 0.2) is 11.6 Å². The number of rotatable bonds is 1. The highest BCUT2D eigenvalue weighted by Gasteiger charge is 2.34. The molecule has 1 fully saturated rings. The van der Waals surface area contributed by atoms with Gasteiger partial charge in [-0.15, -0.1) is 0 Å². The molecule has 1 amide bonds. The lowest BCUT2D eigenvalue weighted by Gasteiger charge is -2.38. The van der Waals surface area contributed by atoms with Crippen molar-refractivity contribution in [3.8, 4) is 0 Å². The van der Waals surface area contributed by atoms with Crippen LogP contribution in [0, 0.1) is 5.92 Å². The second-order valence-corrected chi connectivity index (χ2v) is 6.21. The third kappa shape index (κ3) is 2.45. The highest BCUT2D eigenvalue weighted by atomic mass is 79.9. The third-order valence-electron chi connectivity index (χ3n) is 3.98. The molecule has 0 spiro atoms. The number of halogens is 1. The van der Waals surface area contributed by atoms with Crippen LogP contribution in [0.1, 0.15) is 32.6 Å². The van der Waals surface area contributed by atoms with E-state index >= 15 is 0 Å². The van der Waals surface area contributed by atoms with Crippen molar-refractivity contribution >= 4 is 33.5 Å². The molecule has 3 rings (SSSR count). The van der Waals surface area contributed by atoms with Gasteiger partial charge < -0.3 is 5.32 Å². The van der Waals surface area contributed by atoms with Crippen molar-refractivity contribution in [1.29, 1.82) is 0 Å². The van der Waals surface area contributed by atoms with Crippen LogP contribution in [-0.2, 0) is 4.79 Å². The number of hydrogen-bond donors (Lipinski definition) is 1. The second kappa shape index (κ2) is 5.07. The molecule has 1 N–H and O–H groups in total. The van der Waals surface area contributed by atoms with Gasteiger partial charge in [-0.1, -0.05) is 6.92 Å². The number of nitrogens with one attached hydrogen (secondary N) is 1. The first-order chi connectivity index (χ1) is 9.15. The predicted molar refractivity (Wildman–Crippen MR) is 77.1 cm³/mol. The molecule has 5 nitrogen and oxygen atoms in total. The van der Waals surface area contributed by atoms with E-state index in [1.54, 1.807) is 6.20 Å². The Morgan fingerprint density at radius 1 is 1.37 bits per heavy atom. The number of carbonyl (C=O) groups excluding carboxylic acids is 1. The topological polar surface area (TPSA) is 58.1 Å². The number of fused-ring (bicyclic) bond motifs is 1. The fourth-order valence-corrected chi connectivity index (χ4v) is 3.16. The van der Waals surface area contributed by atoms with Crippen molar-refractivity contribution in [2.24, 2.45) is 5.92 Å². The van der Waals surface area contributed by atoms with Crippen molar-refractivity contribution in [2.75, 3.05) is 16.8 Å². The average molecular weight is 325 g/mol. The summed E-state index contributed by atoms with van der Waals surface area (Å²) < 4.78 is 0.664. The van der Waals surface area contributed by atoms with Crippen LogP contribution in [0.2, 0.25) is 0 Å². The quantitative estimate of drug-likeness (QED) is 0.862. The maximum absolute atomic E-state index is 12.2. The van der Waals surface area contributed by atoms with Crippen molar-refractivity contribution in [2.45, 2.75) is 38.6 Å². The Balaban J connectivity index is 1.92. The molecule has 1 saturated carbocycles. The first-order valence-electron chi connectivity index (χ1n) is 6.73. The number of aromatic nitrogens is 2. The van der Waals surface area contributed by atoms with Crippen LogP contribution in [0.25, 0.3) is 0 Å².